The van der Waals surface area contributed by atoms with Crippen LogP contribution in [0.1, 0.15) is 19.8 Å². The Balaban J connectivity index is 0.00000288. The van der Waals surface area contributed by atoms with E-state index in [0.717, 1.165) is 0 Å². The number of nitrogens with one attached hydrogen (secondary N) is 1. The number of allylic oxidation sites excluding steroid dienone is 2. The first-order chi connectivity index (χ1) is 10.9. The molecule has 0 bridgehead atoms. The van der Waals surface area contributed by atoms with Gasteiger partial charge in [-0.2, -0.15) is 0 Å². The molecule has 0 radical (unpaired) electrons. The summed E-state index contributed by atoms with van der Waals surface area (Å²) in [6, 6.07) is 3.38. The summed E-state index contributed by atoms with van der Waals surface area (Å²) in [6.07, 6.45) is 2.58. The fraction of sp³-hybridized carbons (Fsp3) is 0.438. The van der Waals surface area contributed by atoms with Gasteiger partial charge in [-0.3, -0.25) is 0 Å². The number of nitrogens with zero attached hydrogens (tertiary/aromatic N) is 2. The molecule has 0 aromatic carbocycles. The number of hydrogen-bond acceptors (Lipinski definition) is 6. The number of nitrogens with two attached hydrogens (primary N) is 1. The van der Waals surface area contributed by atoms with E-state index in [0.29, 0.717) is 49.1 Å². The summed E-state index contributed by atoms with van der Waals surface area (Å²) in [5.41, 5.74) is 5.96. The Hall–Kier alpha value is -1.25. The third-order valence-corrected chi connectivity index (χ3v) is 3.52. The van der Waals surface area contributed by atoms with Crippen LogP contribution in [-0.4, -0.2) is 40.6 Å². The Kier molecular flexibility index (Phi) is 8.05. The van der Waals surface area contributed by atoms with Gasteiger partial charge in [0, 0.05) is 30.4 Å². The first kappa shape index (κ1) is 20.8. The normalized spacial score (nSPS) is 16.8. The van der Waals surface area contributed by atoms with Crippen molar-refractivity contribution in [2.45, 2.75) is 25.4 Å². The Morgan fingerprint density at radius 2 is 2.17 bits per heavy atom. The summed E-state index contributed by atoms with van der Waals surface area (Å²) < 4.78 is 5.25. The molecule has 7 nitrogen and oxygen atoms in total. The number of ether oxygens (including phenoxy) is 1. The van der Waals surface area contributed by atoms with Crippen LogP contribution < -0.4 is 40.6 Å². The first-order valence-electron chi connectivity index (χ1n) is 7.45. The number of aromatic nitrogens is 1. The van der Waals surface area contributed by atoms with Gasteiger partial charge in [-0.05, 0) is 50.3 Å². The standard InChI is InChI=1S/C16H23N4O3.Na/c1-11(9-12(2)21)19-14-4-3-13(17)15(20-14)18-10-16(22)5-7-23-8-6-16;/h3-4,9,22H,1,5-8,10,17H2,2H3,(H2-,18,19,20,21);/q-1;+1/b12-9+;. The fourth-order valence-electron chi connectivity index (χ4n) is 2.24. The predicted molar refractivity (Wildman–Crippen MR) is 90.7 cm³/mol. The van der Waals surface area contributed by atoms with E-state index in [-0.39, 0.29) is 41.9 Å². The Labute approximate surface area is 164 Å². The molecule has 0 amide bonds. The van der Waals surface area contributed by atoms with E-state index in [2.05, 4.69) is 22.2 Å². The van der Waals surface area contributed by atoms with Crippen molar-refractivity contribution in [2.24, 2.45) is 0 Å². The van der Waals surface area contributed by atoms with Crippen molar-refractivity contribution in [1.29, 1.82) is 0 Å². The summed E-state index contributed by atoms with van der Waals surface area (Å²) in [5, 5.41) is 27.0. The summed E-state index contributed by atoms with van der Waals surface area (Å²) in [5.74, 6) is 1.02. The Morgan fingerprint density at radius 1 is 1.50 bits per heavy atom. The topological polar surface area (TPSA) is 115 Å². The maximum Gasteiger partial charge on any atom is 1.00 e. The molecule has 2 heterocycles. The van der Waals surface area contributed by atoms with E-state index < -0.39 is 5.60 Å². The number of aliphatic hydroxyl groups excluding tert-OH is 1. The number of nitrogen functional groups attached to an aromatic ring is 1. The minimum atomic E-state index is -0.865. The van der Waals surface area contributed by atoms with Gasteiger partial charge in [-0.15, -0.1) is 0 Å². The van der Waals surface area contributed by atoms with Gasteiger partial charge in [-0.1, -0.05) is 6.58 Å². The molecule has 1 aromatic rings. The van der Waals surface area contributed by atoms with Crippen LogP contribution in [0, 0.1) is 0 Å². The zero-order valence-corrected chi connectivity index (χ0v) is 16.2. The van der Waals surface area contributed by atoms with Crippen LogP contribution >= 0.6 is 0 Å². The molecule has 1 saturated heterocycles. The average molecular weight is 342 g/mol. The predicted octanol–water partition coefficient (Wildman–Crippen LogP) is -0.398. The maximum atomic E-state index is 10.4. The third kappa shape index (κ3) is 6.33. The second-order valence-corrected chi connectivity index (χ2v) is 5.70. The fourth-order valence-corrected chi connectivity index (χ4v) is 2.24. The van der Waals surface area contributed by atoms with Crippen molar-refractivity contribution in [1.82, 2.24) is 4.98 Å². The van der Waals surface area contributed by atoms with E-state index in [1.54, 1.807) is 19.1 Å². The third-order valence-electron chi connectivity index (χ3n) is 3.52. The van der Waals surface area contributed by atoms with Crippen molar-refractivity contribution in [3.8, 4) is 0 Å². The monoisotopic (exact) mass is 342 g/mol. The minimum Gasteiger partial charge on any atom is -0.513 e. The molecule has 0 spiro atoms. The molecule has 1 aliphatic rings. The van der Waals surface area contributed by atoms with Gasteiger partial charge in [0.15, 0.2) is 0 Å². The zero-order chi connectivity index (χ0) is 16.9. The smallest absolute Gasteiger partial charge is 0.513 e. The molecule has 8 heteroatoms. The van der Waals surface area contributed by atoms with E-state index in [1.807, 2.05) is 0 Å². The molecule has 5 N–H and O–H groups in total. The zero-order valence-electron chi connectivity index (χ0n) is 14.2. The number of anilines is 2. The van der Waals surface area contributed by atoms with Crippen molar-refractivity contribution < 1.29 is 44.5 Å². The van der Waals surface area contributed by atoms with Gasteiger partial charge in [0.25, 0.3) is 0 Å². The van der Waals surface area contributed by atoms with Crippen molar-refractivity contribution >= 4 is 17.3 Å². The Bertz CT molecular complexity index is 597. The van der Waals surface area contributed by atoms with Gasteiger partial charge in [-0.25, -0.2) is 0 Å². The summed E-state index contributed by atoms with van der Waals surface area (Å²) in [7, 11) is 0. The minimum absolute atomic E-state index is 0. The quantitative estimate of drug-likeness (QED) is 0.318. The first-order valence-corrected chi connectivity index (χ1v) is 7.45. The molecular formula is C16H23N4NaO3. The molecule has 126 valence electrons. The van der Waals surface area contributed by atoms with Gasteiger partial charge < -0.3 is 36.3 Å². The second-order valence-electron chi connectivity index (χ2n) is 5.70. The van der Waals surface area contributed by atoms with Gasteiger partial charge in [0.2, 0.25) is 0 Å². The van der Waals surface area contributed by atoms with Crippen LogP contribution in [0.2, 0.25) is 0 Å². The van der Waals surface area contributed by atoms with Crippen molar-refractivity contribution in [3.05, 3.63) is 41.6 Å². The number of aliphatic hydroxyl groups is 2. The van der Waals surface area contributed by atoms with E-state index in [4.69, 9.17) is 10.5 Å². The average Bonchev–Trinajstić information content (AvgIpc) is 2.48. The van der Waals surface area contributed by atoms with E-state index in [1.165, 1.54) is 6.08 Å². The molecule has 1 aromatic heterocycles. The largest absolute Gasteiger partial charge is 1.00 e. The van der Waals surface area contributed by atoms with Crippen LogP contribution in [-0.2, 0) is 4.74 Å². The molecular weight excluding hydrogens is 319 g/mol. The van der Waals surface area contributed by atoms with Crippen LogP contribution in [0.25, 0.3) is 5.32 Å². The van der Waals surface area contributed by atoms with Gasteiger partial charge >= 0.3 is 29.6 Å². The molecule has 2 rings (SSSR count). The van der Waals surface area contributed by atoms with Crippen LogP contribution in [0.15, 0.2) is 36.2 Å². The van der Waals surface area contributed by atoms with Crippen molar-refractivity contribution in [3.63, 3.8) is 0 Å². The number of pyridine rings is 1. The Morgan fingerprint density at radius 3 is 2.79 bits per heavy atom. The second kappa shape index (κ2) is 9.29. The van der Waals surface area contributed by atoms with Crippen molar-refractivity contribution in [2.75, 3.05) is 30.8 Å². The SMILES string of the molecule is C=C(/C=C(\C)O)Nc1ccc(N)c([N-]CC2(O)CCOCC2)n1.[Na+]. The van der Waals surface area contributed by atoms with Crippen LogP contribution in [0.5, 0.6) is 0 Å². The summed E-state index contributed by atoms with van der Waals surface area (Å²) in [6.45, 7) is 6.62. The molecule has 0 unspecified atom stereocenters. The molecule has 0 saturated carbocycles. The maximum absolute atomic E-state index is 10.4. The molecule has 1 aliphatic heterocycles. The number of hydrogen-bond donors (Lipinski definition) is 4. The number of rotatable bonds is 6. The molecule has 0 aliphatic carbocycles. The summed E-state index contributed by atoms with van der Waals surface area (Å²) >= 11 is 0. The van der Waals surface area contributed by atoms with Crippen LogP contribution in [0.3, 0.4) is 0 Å². The molecule has 1 fully saturated rings. The van der Waals surface area contributed by atoms with Gasteiger partial charge in [0.1, 0.15) is 0 Å². The summed E-state index contributed by atoms with van der Waals surface area (Å²) in [4.78, 5) is 4.32. The van der Waals surface area contributed by atoms with Crippen LogP contribution in [0.4, 0.5) is 17.3 Å². The molecule has 24 heavy (non-hydrogen) atoms. The van der Waals surface area contributed by atoms with Gasteiger partial charge in [0.05, 0.1) is 11.4 Å². The molecule has 0 atom stereocenters. The van der Waals surface area contributed by atoms with E-state index in [9.17, 15) is 10.2 Å². The van der Waals surface area contributed by atoms with E-state index >= 15 is 0 Å².